The van der Waals surface area contributed by atoms with Crippen molar-refractivity contribution in [2.75, 3.05) is 18.1 Å². The van der Waals surface area contributed by atoms with E-state index in [9.17, 15) is 19.5 Å². The Hall–Kier alpha value is -3.41. The molecule has 1 heterocycles. The number of ketones is 2. The number of rotatable bonds is 2. The summed E-state index contributed by atoms with van der Waals surface area (Å²) in [5.41, 5.74) is 1.59. The summed E-state index contributed by atoms with van der Waals surface area (Å²) >= 11 is 0. The number of ether oxygens (including phenoxy) is 1. The molecule has 6 nitrogen and oxygen atoms in total. The highest BCUT2D eigenvalue weighted by Gasteiger charge is 2.37. The van der Waals surface area contributed by atoms with Crippen LogP contribution in [0.1, 0.15) is 43.8 Å². The van der Waals surface area contributed by atoms with Crippen LogP contribution >= 0.6 is 0 Å². The Balaban J connectivity index is 1.88. The number of hydrogen-bond acceptors (Lipinski definition) is 5. The third kappa shape index (κ3) is 2.52. The van der Waals surface area contributed by atoms with Gasteiger partial charge < -0.3 is 9.84 Å². The average molecular weight is 363 g/mol. The maximum atomic E-state index is 12.9. The molecule has 0 bridgehead atoms. The van der Waals surface area contributed by atoms with Crippen LogP contribution < -0.4 is 4.90 Å². The van der Waals surface area contributed by atoms with Crippen LogP contribution in [0.5, 0.6) is 5.75 Å². The van der Waals surface area contributed by atoms with Crippen molar-refractivity contribution in [1.82, 2.24) is 0 Å². The lowest BCUT2D eigenvalue weighted by Crippen LogP contribution is -2.37. The summed E-state index contributed by atoms with van der Waals surface area (Å²) in [6.45, 7) is 3.91. The summed E-state index contributed by atoms with van der Waals surface area (Å²) in [5, 5.41) is 10.9. The van der Waals surface area contributed by atoms with Gasteiger partial charge in [0.25, 0.3) is 0 Å². The Bertz CT molecular complexity index is 1010. The molecule has 0 atom stereocenters. The van der Waals surface area contributed by atoms with Gasteiger partial charge in [-0.3, -0.25) is 14.5 Å². The molecule has 1 aliphatic heterocycles. The minimum absolute atomic E-state index is 0.0428. The number of aromatic hydroxyl groups is 1. The molecule has 0 saturated heterocycles. The molecule has 0 spiro atoms. The van der Waals surface area contributed by atoms with Gasteiger partial charge in [0.2, 0.25) is 0 Å². The number of phenols is 1. The quantitative estimate of drug-likeness (QED) is 0.707. The number of aryl methyl sites for hydroxylation is 1. The molecule has 0 unspecified atom stereocenters. The van der Waals surface area contributed by atoms with Gasteiger partial charge in [-0.05, 0) is 24.5 Å². The predicted octanol–water partition coefficient (Wildman–Crippen LogP) is 3.24. The Morgan fingerprint density at radius 1 is 1.19 bits per heavy atom. The Kier molecular flexibility index (Phi) is 4.03. The molecule has 4 rings (SSSR count). The number of hydrogen-bond donors (Lipinski definition) is 1. The first-order valence-corrected chi connectivity index (χ1v) is 8.67. The molecule has 2 aromatic rings. The highest BCUT2D eigenvalue weighted by Crippen LogP contribution is 2.43. The standard InChI is InChI=1S/C21H17NO5/c1-2-10-27-21(26)22-9-5-6-12-11-15-16(20(25)17(12)22)19(24)14-8-4-3-7-13(14)18(15)23/h2-4,7-8,11,25H,1,5-6,9-10H2. The molecule has 136 valence electrons. The highest BCUT2D eigenvalue weighted by molar-refractivity contribution is 6.30. The minimum atomic E-state index is -0.624. The zero-order valence-electron chi connectivity index (χ0n) is 14.5. The van der Waals surface area contributed by atoms with E-state index < -0.39 is 11.9 Å². The second-order valence-electron chi connectivity index (χ2n) is 6.48. The summed E-state index contributed by atoms with van der Waals surface area (Å²) in [7, 11) is 0. The van der Waals surface area contributed by atoms with Crippen molar-refractivity contribution in [3.05, 3.63) is 70.8 Å². The zero-order valence-corrected chi connectivity index (χ0v) is 14.5. The maximum Gasteiger partial charge on any atom is 0.414 e. The molecular formula is C21H17NO5. The summed E-state index contributed by atoms with van der Waals surface area (Å²) in [6.07, 6.45) is 2.08. The number of amides is 1. The summed E-state index contributed by atoms with van der Waals surface area (Å²) in [4.78, 5) is 39.5. The number of nitrogens with zero attached hydrogens (tertiary/aromatic N) is 1. The lowest BCUT2D eigenvalue weighted by Gasteiger charge is -2.31. The lowest BCUT2D eigenvalue weighted by atomic mass is 9.81. The van der Waals surface area contributed by atoms with E-state index in [4.69, 9.17) is 4.74 Å². The molecule has 1 amide bonds. The van der Waals surface area contributed by atoms with E-state index in [1.807, 2.05) is 0 Å². The van der Waals surface area contributed by atoms with E-state index in [0.29, 0.717) is 30.5 Å². The molecule has 6 heteroatoms. The van der Waals surface area contributed by atoms with E-state index in [1.165, 1.54) is 11.0 Å². The summed E-state index contributed by atoms with van der Waals surface area (Å²) < 4.78 is 5.10. The van der Waals surface area contributed by atoms with Crippen molar-refractivity contribution in [3.63, 3.8) is 0 Å². The number of carbonyl (C=O) groups is 3. The SMILES string of the molecule is C=CCOC(=O)N1CCCc2cc3c(c(O)c21)C(=O)c1ccccc1C3=O. The first-order chi connectivity index (χ1) is 13.0. The van der Waals surface area contributed by atoms with Crippen molar-refractivity contribution in [2.24, 2.45) is 0 Å². The molecule has 0 saturated carbocycles. The smallest absolute Gasteiger partial charge is 0.414 e. The van der Waals surface area contributed by atoms with Gasteiger partial charge in [-0.2, -0.15) is 0 Å². The molecule has 2 aliphatic rings. The fourth-order valence-electron chi connectivity index (χ4n) is 3.70. The largest absolute Gasteiger partial charge is 0.505 e. The van der Waals surface area contributed by atoms with Crippen molar-refractivity contribution < 1.29 is 24.2 Å². The molecule has 1 N–H and O–H groups in total. The maximum absolute atomic E-state index is 12.9. The minimum Gasteiger partial charge on any atom is -0.505 e. The molecular weight excluding hydrogens is 346 g/mol. The number of carbonyl (C=O) groups excluding carboxylic acids is 3. The third-order valence-electron chi connectivity index (χ3n) is 4.88. The normalized spacial score (nSPS) is 14.9. The van der Waals surface area contributed by atoms with Crippen LogP contribution in [0.25, 0.3) is 0 Å². The first kappa shape index (κ1) is 17.0. The van der Waals surface area contributed by atoms with E-state index in [1.54, 1.807) is 30.3 Å². The Labute approximate surface area is 155 Å². The van der Waals surface area contributed by atoms with E-state index >= 15 is 0 Å². The van der Waals surface area contributed by atoms with Gasteiger partial charge in [0.15, 0.2) is 17.3 Å². The van der Waals surface area contributed by atoms with Gasteiger partial charge in [-0.15, -0.1) is 0 Å². The van der Waals surface area contributed by atoms with E-state index in [2.05, 4.69) is 6.58 Å². The van der Waals surface area contributed by atoms with Gasteiger partial charge in [-0.25, -0.2) is 4.79 Å². The topological polar surface area (TPSA) is 83.9 Å². The summed E-state index contributed by atoms with van der Waals surface area (Å²) in [6, 6.07) is 8.16. The highest BCUT2D eigenvalue weighted by atomic mass is 16.6. The molecule has 1 aliphatic carbocycles. The number of anilines is 1. The number of benzene rings is 2. The van der Waals surface area contributed by atoms with E-state index in [0.717, 1.165) is 0 Å². The molecule has 0 fully saturated rings. The van der Waals surface area contributed by atoms with Gasteiger partial charge in [-0.1, -0.05) is 36.9 Å². The van der Waals surface area contributed by atoms with Crippen molar-refractivity contribution in [1.29, 1.82) is 0 Å². The molecule has 0 aromatic heterocycles. The zero-order chi connectivity index (χ0) is 19.1. The van der Waals surface area contributed by atoms with Gasteiger partial charge >= 0.3 is 6.09 Å². The monoisotopic (exact) mass is 363 g/mol. The van der Waals surface area contributed by atoms with Crippen molar-refractivity contribution in [3.8, 4) is 5.75 Å². The molecule has 2 aromatic carbocycles. The van der Waals surface area contributed by atoms with Crippen molar-refractivity contribution in [2.45, 2.75) is 12.8 Å². The van der Waals surface area contributed by atoms with Crippen LogP contribution in [-0.4, -0.2) is 35.9 Å². The van der Waals surface area contributed by atoms with Gasteiger partial charge in [0.05, 0.1) is 11.3 Å². The number of fused-ring (bicyclic) bond motifs is 3. The van der Waals surface area contributed by atoms with Gasteiger partial charge in [0.1, 0.15) is 6.61 Å². The van der Waals surface area contributed by atoms with Crippen LogP contribution in [0.15, 0.2) is 43.0 Å². The van der Waals surface area contributed by atoms with Crippen molar-refractivity contribution >= 4 is 23.3 Å². The van der Waals surface area contributed by atoms with Crippen LogP contribution in [0.4, 0.5) is 10.5 Å². The Morgan fingerprint density at radius 3 is 2.59 bits per heavy atom. The fourth-order valence-corrected chi connectivity index (χ4v) is 3.70. The first-order valence-electron chi connectivity index (χ1n) is 8.67. The number of phenolic OH excluding ortho intramolecular Hbond substituents is 1. The van der Waals surface area contributed by atoms with Crippen LogP contribution in [0.2, 0.25) is 0 Å². The predicted molar refractivity (Wildman–Crippen MR) is 98.6 cm³/mol. The second-order valence-corrected chi connectivity index (χ2v) is 6.48. The van der Waals surface area contributed by atoms with Crippen LogP contribution in [-0.2, 0) is 11.2 Å². The Morgan fingerprint density at radius 2 is 1.89 bits per heavy atom. The molecule has 0 radical (unpaired) electrons. The second kappa shape index (κ2) is 6.39. The molecule has 27 heavy (non-hydrogen) atoms. The lowest BCUT2D eigenvalue weighted by molar-refractivity contribution is 0.0976. The van der Waals surface area contributed by atoms with E-state index in [-0.39, 0.29) is 40.5 Å². The average Bonchev–Trinajstić information content (AvgIpc) is 2.69. The fraction of sp³-hybridized carbons (Fsp3) is 0.190. The third-order valence-corrected chi connectivity index (χ3v) is 4.88. The summed E-state index contributed by atoms with van der Waals surface area (Å²) in [5.74, 6) is -1.07. The van der Waals surface area contributed by atoms with Gasteiger partial charge in [0, 0.05) is 23.2 Å². The van der Waals surface area contributed by atoms with Crippen LogP contribution in [0.3, 0.4) is 0 Å². The van der Waals surface area contributed by atoms with Crippen LogP contribution in [0, 0.1) is 0 Å².